The monoisotopic (exact) mass is 261 g/mol. The van der Waals surface area contributed by atoms with Gasteiger partial charge >= 0.3 is 0 Å². The van der Waals surface area contributed by atoms with E-state index in [1.54, 1.807) is 13.8 Å². The molecule has 0 aliphatic carbocycles. The van der Waals surface area contributed by atoms with E-state index in [2.05, 4.69) is 0 Å². The Kier molecular flexibility index (Phi) is 4.87. The average molecular weight is 262 g/mol. The van der Waals surface area contributed by atoms with Gasteiger partial charge in [0.25, 0.3) is 0 Å². The molecule has 0 N–H and O–H groups in total. The van der Waals surface area contributed by atoms with Crippen molar-refractivity contribution in [1.82, 2.24) is 4.90 Å². The van der Waals surface area contributed by atoms with Gasteiger partial charge in [-0.3, -0.25) is 4.79 Å². The molecule has 5 heteroatoms. The third-order valence-electron chi connectivity index (χ3n) is 2.55. The highest BCUT2D eigenvalue weighted by Crippen LogP contribution is 2.27. The number of hydrogen-bond acceptors (Lipinski definition) is 1. The van der Waals surface area contributed by atoms with Gasteiger partial charge in [-0.2, -0.15) is 0 Å². The summed E-state index contributed by atoms with van der Waals surface area (Å²) in [6.07, 6.45) is 0. The molecule has 94 valence electrons. The summed E-state index contributed by atoms with van der Waals surface area (Å²) in [4.78, 5) is 13.3. The van der Waals surface area contributed by atoms with Crippen LogP contribution in [0.1, 0.15) is 24.8 Å². The molecule has 0 bridgehead atoms. The smallest absolute Gasteiger partial charge is 0.245 e. The Labute approximate surface area is 104 Å². The molecule has 0 heterocycles. The first kappa shape index (κ1) is 13.9. The fraction of sp³-hybridized carbons (Fsp3) is 0.417. The second kappa shape index (κ2) is 5.96. The van der Waals surface area contributed by atoms with Crippen molar-refractivity contribution < 1.29 is 13.6 Å². The van der Waals surface area contributed by atoms with E-state index in [1.165, 1.54) is 11.0 Å². The van der Waals surface area contributed by atoms with E-state index in [-0.39, 0.29) is 5.56 Å². The molecule has 0 spiro atoms. The molecule has 0 aliphatic heterocycles. The van der Waals surface area contributed by atoms with E-state index in [1.807, 2.05) is 0 Å². The van der Waals surface area contributed by atoms with Crippen LogP contribution in [-0.2, 0) is 4.79 Å². The van der Waals surface area contributed by atoms with Gasteiger partial charge in [0, 0.05) is 13.1 Å². The molecule has 0 aromatic heterocycles. The molecule has 1 aromatic carbocycles. The highest BCUT2D eigenvalue weighted by Gasteiger charge is 2.27. The van der Waals surface area contributed by atoms with Crippen molar-refractivity contribution in [1.29, 1.82) is 0 Å². The van der Waals surface area contributed by atoms with Crippen LogP contribution in [0, 0.1) is 11.6 Å². The van der Waals surface area contributed by atoms with Crippen LogP contribution in [-0.4, -0.2) is 23.9 Å². The molecule has 1 amide bonds. The summed E-state index contributed by atoms with van der Waals surface area (Å²) < 4.78 is 26.9. The number of likely N-dealkylation sites (N-methyl/N-ethyl adjacent to an activating group) is 1. The van der Waals surface area contributed by atoms with Gasteiger partial charge in [0.1, 0.15) is 17.0 Å². The number of halogens is 3. The summed E-state index contributed by atoms with van der Waals surface area (Å²) in [6.45, 7) is 4.47. The number of carbonyl (C=O) groups is 1. The van der Waals surface area contributed by atoms with Crippen molar-refractivity contribution in [2.75, 3.05) is 13.1 Å². The number of alkyl halides is 1. The minimum absolute atomic E-state index is 0.383. The quantitative estimate of drug-likeness (QED) is 0.763. The minimum Gasteiger partial charge on any atom is -0.342 e. The average Bonchev–Trinajstić information content (AvgIpc) is 2.30. The molecular formula is C12H14ClF2NO. The maximum atomic E-state index is 13.4. The molecule has 17 heavy (non-hydrogen) atoms. The van der Waals surface area contributed by atoms with E-state index in [0.29, 0.717) is 13.1 Å². The number of hydrogen-bond donors (Lipinski definition) is 0. The SMILES string of the molecule is CCN(CC)C(=O)C(Cl)c1c(F)cccc1F. The molecule has 0 saturated heterocycles. The Bertz CT molecular complexity index is 387. The first-order chi connectivity index (χ1) is 8.02. The van der Waals surface area contributed by atoms with Crippen molar-refractivity contribution in [2.45, 2.75) is 19.2 Å². The highest BCUT2D eigenvalue weighted by molar-refractivity contribution is 6.30. The van der Waals surface area contributed by atoms with Gasteiger partial charge in [-0.15, -0.1) is 11.6 Å². The molecule has 1 rings (SSSR count). The Balaban J connectivity index is 3.04. The van der Waals surface area contributed by atoms with Crippen molar-refractivity contribution in [3.8, 4) is 0 Å². The molecule has 0 fully saturated rings. The second-order valence-corrected chi connectivity index (χ2v) is 3.94. The van der Waals surface area contributed by atoms with Gasteiger partial charge in [-0.25, -0.2) is 8.78 Å². The second-order valence-electron chi connectivity index (χ2n) is 3.51. The molecule has 1 atom stereocenters. The van der Waals surface area contributed by atoms with Crippen LogP contribution in [0.3, 0.4) is 0 Å². The summed E-state index contributed by atoms with van der Waals surface area (Å²) in [5, 5.41) is -1.32. The number of benzene rings is 1. The Hall–Kier alpha value is -1.16. The van der Waals surface area contributed by atoms with Crippen LogP contribution in [0.25, 0.3) is 0 Å². The minimum atomic E-state index is -1.32. The lowest BCUT2D eigenvalue weighted by molar-refractivity contribution is -0.130. The lowest BCUT2D eigenvalue weighted by atomic mass is 10.1. The number of rotatable bonds is 4. The van der Waals surface area contributed by atoms with Gasteiger partial charge in [0.05, 0.1) is 5.56 Å². The van der Waals surface area contributed by atoms with E-state index >= 15 is 0 Å². The summed E-state index contributed by atoms with van der Waals surface area (Å²) in [5.41, 5.74) is -0.383. The Morgan fingerprint density at radius 1 is 1.29 bits per heavy atom. The van der Waals surface area contributed by atoms with E-state index in [4.69, 9.17) is 11.6 Å². The van der Waals surface area contributed by atoms with Gasteiger partial charge in [-0.1, -0.05) is 6.07 Å². The van der Waals surface area contributed by atoms with Crippen LogP contribution >= 0.6 is 11.6 Å². The highest BCUT2D eigenvalue weighted by atomic mass is 35.5. The van der Waals surface area contributed by atoms with Gasteiger partial charge < -0.3 is 4.90 Å². The molecule has 1 aromatic rings. The van der Waals surface area contributed by atoms with Gasteiger partial charge in [0.15, 0.2) is 0 Å². The largest absolute Gasteiger partial charge is 0.342 e. The molecule has 1 unspecified atom stereocenters. The summed E-state index contributed by atoms with van der Waals surface area (Å²) >= 11 is 5.85. The van der Waals surface area contributed by atoms with Crippen LogP contribution in [0.5, 0.6) is 0 Å². The maximum absolute atomic E-state index is 13.4. The van der Waals surface area contributed by atoms with E-state index in [9.17, 15) is 13.6 Å². The number of nitrogens with zero attached hydrogens (tertiary/aromatic N) is 1. The molecule has 0 aliphatic rings. The third-order valence-corrected chi connectivity index (χ3v) is 2.95. The third kappa shape index (κ3) is 2.94. The van der Waals surface area contributed by atoms with Crippen LogP contribution in [0.4, 0.5) is 8.78 Å². The van der Waals surface area contributed by atoms with Crippen molar-refractivity contribution in [3.63, 3.8) is 0 Å². The topological polar surface area (TPSA) is 20.3 Å². The van der Waals surface area contributed by atoms with Crippen molar-refractivity contribution in [3.05, 3.63) is 35.4 Å². The zero-order valence-electron chi connectivity index (χ0n) is 9.71. The summed E-state index contributed by atoms with van der Waals surface area (Å²) in [6, 6.07) is 3.41. The van der Waals surface area contributed by atoms with Gasteiger partial charge in [0.2, 0.25) is 5.91 Å². The van der Waals surface area contributed by atoms with Crippen LogP contribution in [0.15, 0.2) is 18.2 Å². The number of carbonyl (C=O) groups excluding carboxylic acids is 1. The Morgan fingerprint density at radius 3 is 2.18 bits per heavy atom. The first-order valence-corrected chi connectivity index (χ1v) is 5.83. The zero-order chi connectivity index (χ0) is 13.0. The molecular weight excluding hydrogens is 248 g/mol. The van der Waals surface area contributed by atoms with Crippen LogP contribution in [0.2, 0.25) is 0 Å². The predicted molar refractivity (Wildman–Crippen MR) is 62.9 cm³/mol. The number of amides is 1. The van der Waals surface area contributed by atoms with Crippen molar-refractivity contribution >= 4 is 17.5 Å². The maximum Gasteiger partial charge on any atom is 0.245 e. The van der Waals surface area contributed by atoms with Crippen LogP contribution < -0.4 is 0 Å². The fourth-order valence-corrected chi connectivity index (χ4v) is 1.92. The van der Waals surface area contributed by atoms with Crippen molar-refractivity contribution in [2.24, 2.45) is 0 Å². The lowest BCUT2D eigenvalue weighted by Crippen LogP contribution is -2.33. The zero-order valence-corrected chi connectivity index (χ0v) is 10.5. The summed E-state index contributed by atoms with van der Waals surface area (Å²) in [7, 11) is 0. The Morgan fingerprint density at radius 2 is 1.76 bits per heavy atom. The standard InChI is InChI=1S/C12H14ClF2NO/c1-3-16(4-2)12(17)11(13)10-8(14)6-5-7-9(10)15/h5-7,11H,3-4H2,1-2H3. The normalized spacial score (nSPS) is 12.3. The molecule has 0 radical (unpaired) electrons. The first-order valence-electron chi connectivity index (χ1n) is 5.39. The van der Waals surface area contributed by atoms with E-state index in [0.717, 1.165) is 12.1 Å². The lowest BCUT2D eigenvalue weighted by Gasteiger charge is -2.22. The van der Waals surface area contributed by atoms with E-state index < -0.39 is 22.9 Å². The molecule has 2 nitrogen and oxygen atoms in total. The predicted octanol–water partition coefficient (Wildman–Crippen LogP) is 3.11. The summed E-state index contributed by atoms with van der Waals surface area (Å²) in [5.74, 6) is -2.09. The fourth-order valence-electron chi connectivity index (χ4n) is 1.57. The molecule has 0 saturated carbocycles. The van der Waals surface area contributed by atoms with Gasteiger partial charge in [-0.05, 0) is 26.0 Å².